The highest BCUT2D eigenvalue weighted by atomic mass is 32.2. The molecule has 4 heterocycles. The molecule has 1 aliphatic carbocycles. The minimum atomic E-state index is -1.55. The quantitative estimate of drug-likeness (QED) is 0.346. The highest BCUT2D eigenvalue weighted by Crippen LogP contribution is 2.66. The van der Waals surface area contributed by atoms with Crippen molar-refractivity contribution in [1.29, 1.82) is 0 Å². The van der Waals surface area contributed by atoms with Gasteiger partial charge in [0.25, 0.3) is 0 Å². The standard InChI is InChI=1S/C26H23F3N6O2S/c1-14-10-36-22(33-14)11-37-21-9-32-23-18(34-21)4-5-31-19(23)7-15-2-3-17(29)16(6-15)26(13-28)20-8-25(20,12-27)38-24(30)35-26/h2-6,9-10,20H,7-8,11-13H2,1H3,(H2,30,35)/t20-,25-,26-/m1/s1. The molecule has 0 bridgehead atoms. The van der Waals surface area contributed by atoms with Gasteiger partial charge in [-0.25, -0.2) is 33.1 Å². The van der Waals surface area contributed by atoms with Crippen LogP contribution in [0.25, 0.3) is 11.0 Å². The molecule has 3 aromatic heterocycles. The second kappa shape index (κ2) is 9.26. The Kier molecular flexibility index (Phi) is 6.01. The summed E-state index contributed by atoms with van der Waals surface area (Å²) in [6, 6.07) is 6.17. The van der Waals surface area contributed by atoms with Crippen LogP contribution in [0.2, 0.25) is 0 Å². The van der Waals surface area contributed by atoms with Gasteiger partial charge in [-0.15, -0.1) is 0 Å². The van der Waals surface area contributed by atoms with Crippen LogP contribution in [0.5, 0.6) is 5.88 Å². The van der Waals surface area contributed by atoms with Crippen molar-refractivity contribution in [3.05, 3.63) is 77.1 Å². The van der Waals surface area contributed by atoms with Crippen molar-refractivity contribution in [3.8, 4) is 5.88 Å². The number of nitrogens with two attached hydrogens (primary N) is 1. The van der Waals surface area contributed by atoms with Crippen LogP contribution < -0.4 is 10.5 Å². The van der Waals surface area contributed by atoms with Crippen LogP contribution in [-0.2, 0) is 18.6 Å². The molecule has 3 atom stereocenters. The summed E-state index contributed by atoms with van der Waals surface area (Å²) in [5, 5.41) is 0.0702. The van der Waals surface area contributed by atoms with E-state index < -0.39 is 35.4 Å². The van der Waals surface area contributed by atoms with E-state index in [0.717, 1.165) is 17.5 Å². The summed E-state index contributed by atoms with van der Waals surface area (Å²) in [7, 11) is 0. The molecule has 0 radical (unpaired) electrons. The first kappa shape index (κ1) is 24.7. The van der Waals surface area contributed by atoms with E-state index in [1.165, 1.54) is 18.5 Å². The summed E-state index contributed by atoms with van der Waals surface area (Å²) in [5.41, 5.74) is 7.61. The molecule has 6 rings (SSSR count). The Hall–Kier alpha value is -3.67. The molecule has 0 saturated heterocycles. The number of alkyl halides is 2. The average Bonchev–Trinajstić information content (AvgIpc) is 3.52. The van der Waals surface area contributed by atoms with E-state index in [1.807, 2.05) is 6.92 Å². The van der Waals surface area contributed by atoms with Crippen LogP contribution in [0, 0.1) is 18.7 Å². The maximum Gasteiger partial charge on any atom is 0.233 e. The number of thioether (sulfide) groups is 1. The lowest BCUT2D eigenvalue weighted by molar-refractivity contribution is 0.253. The van der Waals surface area contributed by atoms with Gasteiger partial charge in [0.05, 0.1) is 27.8 Å². The number of hydrogen-bond acceptors (Lipinski definition) is 9. The first-order valence-electron chi connectivity index (χ1n) is 12.0. The van der Waals surface area contributed by atoms with Crippen molar-refractivity contribution in [2.45, 2.75) is 36.7 Å². The number of halogens is 3. The highest BCUT2D eigenvalue weighted by molar-refractivity contribution is 8.15. The van der Waals surface area contributed by atoms with Crippen molar-refractivity contribution in [3.63, 3.8) is 0 Å². The van der Waals surface area contributed by atoms with E-state index in [0.29, 0.717) is 40.5 Å². The number of hydrogen-bond donors (Lipinski definition) is 1. The third-order valence-electron chi connectivity index (χ3n) is 7.04. The highest BCUT2D eigenvalue weighted by Gasteiger charge is 2.68. The topological polar surface area (TPSA) is 112 Å². The first-order valence-corrected chi connectivity index (χ1v) is 12.8. The van der Waals surface area contributed by atoms with E-state index in [4.69, 9.17) is 14.9 Å². The molecule has 1 saturated carbocycles. The molecular weight excluding hydrogens is 517 g/mol. The molecule has 0 amide bonds. The van der Waals surface area contributed by atoms with E-state index in [9.17, 15) is 8.78 Å². The average molecular weight is 541 g/mol. The maximum atomic E-state index is 15.1. The minimum absolute atomic E-state index is 0.0702. The van der Waals surface area contributed by atoms with Crippen molar-refractivity contribution in [2.75, 3.05) is 13.3 Å². The molecule has 38 heavy (non-hydrogen) atoms. The number of aromatic nitrogens is 4. The molecule has 0 spiro atoms. The fraction of sp³-hybridized carbons (Fsp3) is 0.346. The summed E-state index contributed by atoms with van der Waals surface area (Å²) >= 11 is 1.11. The summed E-state index contributed by atoms with van der Waals surface area (Å²) in [5.74, 6) is -0.364. The zero-order chi connectivity index (χ0) is 26.5. The van der Waals surface area contributed by atoms with Crippen molar-refractivity contribution >= 4 is 28.0 Å². The van der Waals surface area contributed by atoms with E-state index >= 15 is 4.39 Å². The number of rotatable bonds is 8. The van der Waals surface area contributed by atoms with Gasteiger partial charge in [-0.2, -0.15) is 0 Å². The Morgan fingerprint density at radius 3 is 2.82 bits per heavy atom. The van der Waals surface area contributed by atoms with Gasteiger partial charge >= 0.3 is 0 Å². The Balaban J connectivity index is 1.29. The smallest absolute Gasteiger partial charge is 0.233 e. The molecule has 4 aromatic rings. The zero-order valence-electron chi connectivity index (χ0n) is 20.3. The number of ether oxygens (including phenoxy) is 1. The predicted octanol–water partition coefficient (Wildman–Crippen LogP) is 4.58. The van der Waals surface area contributed by atoms with Crippen LogP contribution in [-0.4, -0.2) is 43.2 Å². The molecule has 0 unspecified atom stereocenters. The molecule has 1 fully saturated rings. The van der Waals surface area contributed by atoms with Crippen LogP contribution in [0.15, 0.2) is 52.3 Å². The van der Waals surface area contributed by atoms with Gasteiger partial charge in [-0.1, -0.05) is 17.8 Å². The number of pyridine rings is 1. The van der Waals surface area contributed by atoms with Crippen molar-refractivity contribution < 1.29 is 22.3 Å². The number of benzene rings is 1. The summed E-state index contributed by atoms with van der Waals surface area (Å²) in [6.45, 7) is 0.272. The number of aliphatic imine (C=N–C) groups is 1. The predicted molar refractivity (Wildman–Crippen MR) is 136 cm³/mol. The van der Waals surface area contributed by atoms with Crippen LogP contribution in [0.1, 0.15) is 34.8 Å². The second-order valence-electron chi connectivity index (χ2n) is 9.56. The number of amidine groups is 1. The second-order valence-corrected chi connectivity index (χ2v) is 11.0. The third kappa shape index (κ3) is 4.16. The normalized spacial score (nSPS) is 24.2. The van der Waals surface area contributed by atoms with Gasteiger partial charge in [0.1, 0.15) is 36.5 Å². The number of oxazole rings is 1. The fourth-order valence-corrected chi connectivity index (χ4v) is 6.39. The summed E-state index contributed by atoms with van der Waals surface area (Å²) < 4.78 is 53.7. The van der Waals surface area contributed by atoms with Gasteiger partial charge in [-0.3, -0.25) is 4.98 Å². The Bertz CT molecular complexity index is 1570. The lowest BCUT2D eigenvalue weighted by Gasteiger charge is -2.34. The Morgan fingerprint density at radius 1 is 1.18 bits per heavy atom. The lowest BCUT2D eigenvalue weighted by atomic mass is 9.83. The van der Waals surface area contributed by atoms with Crippen LogP contribution in [0.4, 0.5) is 13.2 Å². The van der Waals surface area contributed by atoms with E-state index in [2.05, 4.69) is 24.9 Å². The fourth-order valence-electron chi connectivity index (χ4n) is 5.12. The van der Waals surface area contributed by atoms with Gasteiger partial charge in [0, 0.05) is 24.1 Å². The van der Waals surface area contributed by atoms with Crippen molar-refractivity contribution in [2.24, 2.45) is 16.6 Å². The molecule has 1 aliphatic heterocycles. The molecule has 12 heteroatoms. The van der Waals surface area contributed by atoms with E-state index in [-0.39, 0.29) is 23.8 Å². The van der Waals surface area contributed by atoms with Crippen LogP contribution in [0.3, 0.4) is 0 Å². The van der Waals surface area contributed by atoms with Gasteiger partial charge in [0.15, 0.2) is 11.8 Å². The third-order valence-corrected chi connectivity index (χ3v) is 8.31. The van der Waals surface area contributed by atoms with E-state index in [1.54, 1.807) is 24.4 Å². The number of aryl methyl sites for hydroxylation is 1. The monoisotopic (exact) mass is 540 g/mol. The largest absolute Gasteiger partial charge is 0.467 e. The zero-order valence-corrected chi connectivity index (χ0v) is 21.1. The summed E-state index contributed by atoms with van der Waals surface area (Å²) in [6.07, 6.45) is 5.29. The SMILES string of the molecule is Cc1coc(COc2cnc3c(Cc4ccc(F)c([C@@]5(CF)N=C(N)S[C@@]6(CF)C[C@H]65)c4)nccc3n2)n1. The first-order chi connectivity index (χ1) is 18.4. The molecule has 196 valence electrons. The molecular formula is C26H23F3N6O2S. The minimum Gasteiger partial charge on any atom is -0.467 e. The van der Waals surface area contributed by atoms with Gasteiger partial charge < -0.3 is 14.9 Å². The number of fused-ring (bicyclic) bond motifs is 2. The van der Waals surface area contributed by atoms with Gasteiger partial charge in [0.2, 0.25) is 11.8 Å². The lowest BCUT2D eigenvalue weighted by Crippen LogP contribution is -2.40. The summed E-state index contributed by atoms with van der Waals surface area (Å²) in [4.78, 5) is 22.0. The molecule has 2 N–H and O–H groups in total. The molecule has 8 nitrogen and oxygen atoms in total. The molecule has 1 aromatic carbocycles. The number of nitrogens with zero attached hydrogens (tertiary/aromatic N) is 5. The van der Waals surface area contributed by atoms with Crippen molar-refractivity contribution in [1.82, 2.24) is 19.9 Å². The maximum absolute atomic E-state index is 15.1. The Labute approximate surface area is 220 Å². The van der Waals surface area contributed by atoms with Gasteiger partial charge in [-0.05, 0) is 37.1 Å². The van der Waals surface area contributed by atoms with Crippen LogP contribution >= 0.6 is 11.8 Å². The molecule has 2 aliphatic rings. The Morgan fingerprint density at radius 2 is 2.05 bits per heavy atom.